The Kier molecular flexibility index (Phi) is 8.85. The number of ether oxygens (including phenoxy) is 1. The zero-order chi connectivity index (χ0) is 11.7. The monoisotopic (exact) mass is 234 g/mol. The number of hydrogen-bond acceptors (Lipinski definition) is 4. The van der Waals surface area contributed by atoms with E-state index in [0.29, 0.717) is 13.2 Å². The molecule has 90 valence electrons. The predicted octanol–water partition coefficient (Wildman–Crippen LogP) is 0.608. The maximum absolute atomic E-state index is 11.5. The minimum atomic E-state index is -0.397. The maximum atomic E-state index is 11.5. The number of nitrogens with two attached hydrogens (primary N) is 1. The van der Waals surface area contributed by atoms with Crippen LogP contribution in [0.25, 0.3) is 0 Å². The molecular weight excluding hydrogens is 212 g/mol. The molecule has 0 heterocycles. The molecule has 0 radical (unpaired) electrons. The van der Waals surface area contributed by atoms with E-state index in [1.165, 1.54) is 0 Å². The number of carbonyl (C=O) groups excluding carboxylic acids is 1. The van der Waals surface area contributed by atoms with Gasteiger partial charge in [0, 0.05) is 13.2 Å². The van der Waals surface area contributed by atoms with Gasteiger partial charge in [0.1, 0.15) is 0 Å². The average molecular weight is 234 g/mol. The van der Waals surface area contributed by atoms with Gasteiger partial charge in [-0.1, -0.05) is 0 Å². The summed E-state index contributed by atoms with van der Waals surface area (Å²) < 4.78 is 5.29. The fourth-order valence-corrected chi connectivity index (χ4v) is 1.58. The summed E-state index contributed by atoms with van der Waals surface area (Å²) in [7, 11) is 0. The van der Waals surface area contributed by atoms with Crippen LogP contribution in [0.5, 0.6) is 0 Å². The molecular formula is C10H22N2O2S. The molecule has 5 heteroatoms. The molecule has 0 aliphatic rings. The van der Waals surface area contributed by atoms with Gasteiger partial charge in [-0.05, 0) is 32.3 Å². The summed E-state index contributed by atoms with van der Waals surface area (Å²) >= 11 is 1.70. The van der Waals surface area contributed by atoms with Gasteiger partial charge in [-0.3, -0.25) is 4.79 Å². The first kappa shape index (κ1) is 14.7. The van der Waals surface area contributed by atoms with Gasteiger partial charge in [0.2, 0.25) is 5.91 Å². The van der Waals surface area contributed by atoms with E-state index in [1.807, 2.05) is 20.1 Å². The van der Waals surface area contributed by atoms with E-state index in [-0.39, 0.29) is 12.0 Å². The molecule has 0 aliphatic heterocycles. The molecule has 0 rings (SSSR count). The highest BCUT2D eigenvalue weighted by Crippen LogP contribution is 1.98. The molecule has 1 amide bonds. The van der Waals surface area contributed by atoms with Crippen LogP contribution >= 0.6 is 11.8 Å². The van der Waals surface area contributed by atoms with Crippen LogP contribution in [-0.2, 0) is 9.53 Å². The summed E-state index contributed by atoms with van der Waals surface area (Å²) in [5.74, 6) is 0.825. The first-order chi connectivity index (χ1) is 7.11. The molecule has 0 saturated carbocycles. The lowest BCUT2D eigenvalue weighted by Gasteiger charge is -2.15. The van der Waals surface area contributed by atoms with Gasteiger partial charge in [0.05, 0.1) is 12.1 Å². The maximum Gasteiger partial charge on any atom is 0.237 e. The second-order valence-corrected chi connectivity index (χ2v) is 4.38. The Bertz CT molecular complexity index is 179. The van der Waals surface area contributed by atoms with Crippen LogP contribution in [0.3, 0.4) is 0 Å². The average Bonchev–Trinajstić information content (AvgIpc) is 2.22. The van der Waals surface area contributed by atoms with Gasteiger partial charge in [0.15, 0.2) is 0 Å². The number of rotatable bonds is 8. The van der Waals surface area contributed by atoms with Crippen molar-refractivity contribution >= 4 is 17.7 Å². The third-order valence-electron chi connectivity index (χ3n) is 1.98. The number of hydrogen-bond donors (Lipinski definition) is 2. The molecule has 3 N–H and O–H groups in total. The van der Waals surface area contributed by atoms with Crippen molar-refractivity contribution in [2.24, 2.45) is 5.73 Å². The summed E-state index contributed by atoms with van der Waals surface area (Å²) in [5, 5.41) is 2.78. The van der Waals surface area contributed by atoms with Gasteiger partial charge >= 0.3 is 0 Å². The van der Waals surface area contributed by atoms with E-state index in [0.717, 1.165) is 12.2 Å². The quantitative estimate of drug-likeness (QED) is 0.646. The molecule has 0 aromatic carbocycles. The molecule has 0 aromatic heterocycles. The van der Waals surface area contributed by atoms with E-state index in [9.17, 15) is 4.79 Å². The van der Waals surface area contributed by atoms with Crippen LogP contribution in [0.1, 0.15) is 20.3 Å². The van der Waals surface area contributed by atoms with Crippen molar-refractivity contribution in [3.8, 4) is 0 Å². The van der Waals surface area contributed by atoms with Gasteiger partial charge in [0.25, 0.3) is 0 Å². The highest BCUT2D eigenvalue weighted by atomic mass is 32.2. The van der Waals surface area contributed by atoms with E-state index in [1.54, 1.807) is 11.8 Å². The van der Waals surface area contributed by atoms with Crippen molar-refractivity contribution in [3.05, 3.63) is 0 Å². The van der Waals surface area contributed by atoms with E-state index in [2.05, 4.69) is 5.32 Å². The molecule has 0 saturated heterocycles. The van der Waals surface area contributed by atoms with Crippen LogP contribution in [-0.4, -0.2) is 43.2 Å². The lowest BCUT2D eigenvalue weighted by atomic mass is 10.2. The minimum absolute atomic E-state index is 0.0479. The molecule has 0 fully saturated rings. The molecule has 0 aromatic rings. The predicted molar refractivity (Wildman–Crippen MR) is 65.1 cm³/mol. The van der Waals surface area contributed by atoms with Crippen LogP contribution in [0.2, 0.25) is 0 Å². The SMILES string of the molecule is CCOC(C)CNC(=O)[C@@H](N)CCSC. The number of thioether (sulfide) groups is 1. The van der Waals surface area contributed by atoms with Gasteiger partial charge in [-0.25, -0.2) is 0 Å². The Morgan fingerprint density at radius 2 is 2.27 bits per heavy atom. The van der Waals surface area contributed by atoms with Crippen molar-refractivity contribution in [3.63, 3.8) is 0 Å². The largest absolute Gasteiger partial charge is 0.377 e. The highest BCUT2D eigenvalue weighted by Gasteiger charge is 2.13. The Hall–Kier alpha value is -0.260. The fourth-order valence-electron chi connectivity index (χ4n) is 1.09. The summed E-state index contributed by atoms with van der Waals surface area (Å²) in [5.41, 5.74) is 5.70. The van der Waals surface area contributed by atoms with Crippen molar-refractivity contribution < 1.29 is 9.53 Å². The van der Waals surface area contributed by atoms with E-state index < -0.39 is 6.04 Å². The zero-order valence-corrected chi connectivity index (χ0v) is 10.6. The van der Waals surface area contributed by atoms with Gasteiger partial charge < -0.3 is 15.8 Å². The van der Waals surface area contributed by atoms with Crippen LogP contribution in [0.15, 0.2) is 0 Å². The van der Waals surface area contributed by atoms with Crippen LogP contribution in [0, 0.1) is 0 Å². The Balaban J connectivity index is 3.63. The molecule has 2 atom stereocenters. The lowest BCUT2D eigenvalue weighted by Crippen LogP contribution is -2.43. The summed E-state index contributed by atoms with van der Waals surface area (Å²) in [6, 6.07) is -0.397. The Morgan fingerprint density at radius 1 is 1.60 bits per heavy atom. The van der Waals surface area contributed by atoms with E-state index in [4.69, 9.17) is 10.5 Å². The van der Waals surface area contributed by atoms with Gasteiger partial charge in [-0.15, -0.1) is 0 Å². The summed E-state index contributed by atoms with van der Waals surface area (Å²) in [4.78, 5) is 11.5. The zero-order valence-electron chi connectivity index (χ0n) is 9.79. The smallest absolute Gasteiger partial charge is 0.237 e. The normalized spacial score (nSPS) is 14.7. The third kappa shape index (κ3) is 7.64. The number of nitrogens with one attached hydrogen (secondary N) is 1. The van der Waals surface area contributed by atoms with E-state index >= 15 is 0 Å². The third-order valence-corrected chi connectivity index (χ3v) is 2.63. The van der Waals surface area contributed by atoms with Gasteiger partial charge in [-0.2, -0.15) is 11.8 Å². The van der Waals surface area contributed by atoms with Crippen molar-refractivity contribution in [1.29, 1.82) is 0 Å². The lowest BCUT2D eigenvalue weighted by molar-refractivity contribution is -0.123. The summed E-state index contributed by atoms with van der Waals surface area (Å²) in [6.07, 6.45) is 2.77. The Labute approximate surface area is 96.3 Å². The standard InChI is InChI=1S/C10H22N2O2S/c1-4-14-8(2)7-12-10(13)9(11)5-6-15-3/h8-9H,4-7,11H2,1-3H3,(H,12,13)/t8?,9-/m0/s1. The Morgan fingerprint density at radius 3 is 2.80 bits per heavy atom. The molecule has 0 spiro atoms. The van der Waals surface area contributed by atoms with Crippen LogP contribution < -0.4 is 11.1 Å². The molecule has 0 aliphatic carbocycles. The second-order valence-electron chi connectivity index (χ2n) is 3.40. The number of carbonyl (C=O) groups is 1. The molecule has 4 nitrogen and oxygen atoms in total. The number of amides is 1. The van der Waals surface area contributed by atoms with Crippen molar-refractivity contribution in [1.82, 2.24) is 5.32 Å². The highest BCUT2D eigenvalue weighted by molar-refractivity contribution is 7.98. The first-order valence-corrected chi connectivity index (χ1v) is 6.65. The molecule has 1 unspecified atom stereocenters. The molecule has 0 bridgehead atoms. The summed E-state index contributed by atoms with van der Waals surface area (Å²) in [6.45, 7) is 5.05. The minimum Gasteiger partial charge on any atom is -0.377 e. The van der Waals surface area contributed by atoms with Crippen LogP contribution in [0.4, 0.5) is 0 Å². The topological polar surface area (TPSA) is 64.3 Å². The second kappa shape index (κ2) is 9.00. The first-order valence-electron chi connectivity index (χ1n) is 5.25. The molecule has 15 heavy (non-hydrogen) atoms. The van der Waals surface area contributed by atoms with Crippen molar-refractivity contribution in [2.75, 3.05) is 25.2 Å². The van der Waals surface area contributed by atoms with Crippen molar-refractivity contribution in [2.45, 2.75) is 32.4 Å². The fraction of sp³-hybridized carbons (Fsp3) is 0.900.